The molecule has 1 aliphatic rings. The van der Waals surface area contributed by atoms with Crippen LogP contribution in [0.1, 0.15) is 19.8 Å². The molecule has 1 aromatic heterocycles. The van der Waals surface area contributed by atoms with Gasteiger partial charge in [-0.15, -0.1) is 0 Å². The number of rotatable bonds is 5. The summed E-state index contributed by atoms with van der Waals surface area (Å²) in [6.45, 7) is 4.20. The van der Waals surface area contributed by atoms with Gasteiger partial charge in [0.05, 0.1) is 0 Å². The molecule has 1 aromatic rings. The van der Waals surface area contributed by atoms with Crippen LogP contribution in [-0.4, -0.2) is 23.1 Å². The van der Waals surface area contributed by atoms with E-state index in [9.17, 15) is 0 Å². The van der Waals surface area contributed by atoms with Crippen molar-refractivity contribution >= 4 is 11.6 Å². The van der Waals surface area contributed by atoms with Crippen molar-refractivity contribution in [1.82, 2.24) is 9.97 Å². The lowest BCUT2D eigenvalue weighted by molar-refractivity contribution is 0.730. The fourth-order valence-corrected chi connectivity index (χ4v) is 1.60. The molecule has 0 spiro atoms. The largest absolute Gasteiger partial charge is 0.356 e. The molecule has 1 fully saturated rings. The summed E-state index contributed by atoms with van der Waals surface area (Å²) in [6.07, 6.45) is 4.24. The van der Waals surface area contributed by atoms with Gasteiger partial charge >= 0.3 is 0 Å². The highest BCUT2D eigenvalue weighted by Gasteiger charge is 2.24. The summed E-state index contributed by atoms with van der Waals surface area (Å²) < 4.78 is 0. The highest BCUT2D eigenvalue weighted by Crippen LogP contribution is 2.31. The number of nitrogen functional groups attached to an aromatic ring is 1. The maximum atomic E-state index is 5.32. The minimum absolute atomic E-state index is 0.661. The van der Waals surface area contributed by atoms with Gasteiger partial charge in [0.15, 0.2) is 0 Å². The van der Waals surface area contributed by atoms with Crippen LogP contribution in [0.2, 0.25) is 0 Å². The van der Waals surface area contributed by atoms with Crippen LogP contribution < -0.4 is 16.2 Å². The second kappa shape index (κ2) is 4.44. The van der Waals surface area contributed by atoms with Gasteiger partial charge in [-0.1, -0.05) is 0 Å². The molecule has 1 heterocycles. The molecule has 0 aliphatic heterocycles. The molecule has 5 nitrogen and oxygen atoms in total. The molecule has 0 unspecified atom stereocenters. The normalized spacial score (nSPS) is 15.1. The van der Waals surface area contributed by atoms with E-state index in [4.69, 9.17) is 5.84 Å². The van der Waals surface area contributed by atoms with Gasteiger partial charge in [-0.2, -0.15) is 0 Å². The lowest BCUT2D eigenvalue weighted by Crippen LogP contribution is -2.26. The molecule has 0 atom stereocenters. The van der Waals surface area contributed by atoms with Crippen LogP contribution in [0.15, 0.2) is 12.4 Å². The maximum absolute atomic E-state index is 5.32. The van der Waals surface area contributed by atoms with Gasteiger partial charge in [0.1, 0.15) is 18.0 Å². The summed E-state index contributed by atoms with van der Waals surface area (Å²) in [5.41, 5.74) is 2.54. The first-order chi connectivity index (χ1) is 7.33. The topological polar surface area (TPSA) is 67.1 Å². The van der Waals surface area contributed by atoms with Crippen LogP contribution in [0.3, 0.4) is 0 Å². The highest BCUT2D eigenvalue weighted by molar-refractivity contribution is 5.47. The highest BCUT2D eigenvalue weighted by atomic mass is 15.3. The van der Waals surface area contributed by atoms with Crippen LogP contribution in [0.25, 0.3) is 0 Å². The lowest BCUT2D eigenvalue weighted by atomic mass is 10.3. The SMILES string of the molecule is CCN(CC1CC1)c1cc(NN)ncn1. The molecule has 0 saturated heterocycles. The van der Waals surface area contributed by atoms with E-state index >= 15 is 0 Å². The third-order valence-corrected chi connectivity index (χ3v) is 2.68. The average Bonchev–Trinajstić information content (AvgIpc) is 3.10. The van der Waals surface area contributed by atoms with E-state index in [1.807, 2.05) is 6.07 Å². The zero-order chi connectivity index (χ0) is 10.7. The molecule has 0 bridgehead atoms. The van der Waals surface area contributed by atoms with Crippen LogP contribution in [-0.2, 0) is 0 Å². The molecule has 0 aromatic carbocycles. The molecule has 5 heteroatoms. The molecule has 2 rings (SSSR count). The van der Waals surface area contributed by atoms with Gasteiger partial charge in [-0.3, -0.25) is 0 Å². The summed E-state index contributed by atoms with van der Waals surface area (Å²) in [6, 6.07) is 1.88. The zero-order valence-electron chi connectivity index (χ0n) is 8.98. The van der Waals surface area contributed by atoms with Crippen molar-refractivity contribution in [3.05, 3.63) is 12.4 Å². The van der Waals surface area contributed by atoms with Crippen molar-refractivity contribution in [2.75, 3.05) is 23.4 Å². The Morgan fingerprint density at radius 2 is 2.33 bits per heavy atom. The lowest BCUT2D eigenvalue weighted by Gasteiger charge is -2.21. The number of nitrogens with one attached hydrogen (secondary N) is 1. The van der Waals surface area contributed by atoms with Gasteiger partial charge in [0.2, 0.25) is 0 Å². The van der Waals surface area contributed by atoms with Gasteiger partial charge in [-0.05, 0) is 25.7 Å². The van der Waals surface area contributed by atoms with Gasteiger partial charge in [-0.25, -0.2) is 15.8 Å². The molecular weight excluding hydrogens is 190 g/mol. The minimum atomic E-state index is 0.661. The van der Waals surface area contributed by atoms with Crippen molar-refractivity contribution in [3.63, 3.8) is 0 Å². The zero-order valence-corrected chi connectivity index (χ0v) is 8.98. The van der Waals surface area contributed by atoms with E-state index in [1.54, 1.807) is 6.33 Å². The minimum Gasteiger partial charge on any atom is -0.356 e. The molecule has 0 radical (unpaired) electrons. The third-order valence-electron chi connectivity index (χ3n) is 2.68. The van der Waals surface area contributed by atoms with Crippen molar-refractivity contribution in [1.29, 1.82) is 0 Å². The first-order valence-corrected chi connectivity index (χ1v) is 5.37. The van der Waals surface area contributed by atoms with E-state index < -0.39 is 0 Å². The van der Waals surface area contributed by atoms with Crippen LogP contribution in [0.4, 0.5) is 11.6 Å². The number of hydrazine groups is 1. The Hall–Kier alpha value is -1.36. The predicted octanol–water partition coefficient (Wildman–Crippen LogP) is 0.998. The molecule has 15 heavy (non-hydrogen) atoms. The van der Waals surface area contributed by atoms with E-state index in [0.29, 0.717) is 5.82 Å². The summed E-state index contributed by atoms with van der Waals surface area (Å²) >= 11 is 0. The Balaban J connectivity index is 2.09. The van der Waals surface area contributed by atoms with E-state index in [1.165, 1.54) is 12.8 Å². The predicted molar refractivity (Wildman–Crippen MR) is 60.5 cm³/mol. The Morgan fingerprint density at radius 3 is 2.93 bits per heavy atom. The Kier molecular flexibility index (Phi) is 3.01. The van der Waals surface area contributed by atoms with E-state index in [-0.39, 0.29) is 0 Å². The van der Waals surface area contributed by atoms with Crippen molar-refractivity contribution in [2.45, 2.75) is 19.8 Å². The van der Waals surface area contributed by atoms with Gasteiger partial charge < -0.3 is 10.3 Å². The summed E-state index contributed by atoms with van der Waals surface area (Å²) in [7, 11) is 0. The molecule has 1 saturated carbocycles. The summed E-state index contributed by atoms with van der Waals surface area (Å²) in [4.78, 5) is 10.5. The number of nitrogens with two attached hydrogens (primary N) is 1. The Morgan fingerprint density at radius 1 is 1.53 bits per heavy atom. The number of hydrogen-bond acceptors (Lipinski definition) is 5. The molecule has 1 aliphatic carbocycles. The van der Waals surface area contributed by atoms with Gasteiger partial charge in [0.25, 0.3) is 0 Å². The van der Waals surface area contributed by atoms with Crippen LogP contribution >= 0.6 is 0 Å². The fourth-order valence-electron chi connectivity index (χ4n) is 1.60. The van der Waals surface area contributed by atoms with Crippen LogP contribution in [0, 0.1) is 5.92 Å². The second-order valence-electron chi connectivity index (χ2n) is 3.89. The Labute approximate surface area is 89.7 Å². The first kappa shape index (κ1) is 10.2. The smallest absolute Gasteiger partial charge is 0.145 e. The van der Waals surface area contributed by atoms with Crippen LogP contribution in [0.5, 0.6) is 0 Å². The van der Waals surface area contributed by atoms with Gasteiger partial charge in [0, 0.05) is 19.2 Å². The summed E-state index contributed by atoms with van der Waals surface area (Å²) in [5.74, 6) is 7.78. The quantitative estimate of drug-likeness (QED) is 0.557. The monoisotopic (exact) mass is 207 g/mol. The Bertz CT molecular complexity index is 323. The molecular formula is C10H17N5. The second-order valence-corrected chi connectivity index (χ2v) is 3.89. The van der Waals surface area contributed by atoms with E-state index in [2.05, 4.69) is 27.2 Å². The number of aromatic nitrogens is 2. The number of nitrogens with zero attached hydrogens (tertiary/aromatic N) is 3. The molecule has 0 amide bonds. The fraction of sp³-hybridized carbons (Fsp3) is 0.600. The summed E-state index contributed by atoms with van der Waals surface area (Å²) in [5, 5.41) is 0. The number of anilines is 2. The average molecular weight is 207 g/mol. The standard InChI is InChI=1S/C10H17N5/c1-2-15(6-8-3-4-8)10-5-9(14-11)12-7-13-10/h5,7-8H,2-4,6,11H2,1H3,(H,12,13,14). The number of hydrogen-bond donors (Lipinski definition) is 2. The van der Waals surface area contributed by atoms with Crippen molar-refractivity contribution in [2.24, 2.45) is 11.8 Å². The molecule has 82 valence electrons. The van der Waals surface area contributed by atoms with Crippen molar-refractivity contribution in [3.8, 4) is 0 Å². The molecule has 3 N–H and O–H groups in total. The maximum Gasteiger partial charge on any atom is 0.145 e. The first-order valence-electron chi connectivity index (χ1n) is 5.37. The third kappa shape index (κ3) is 2.56. The van der Waals surface area contributed by atoms with E-state index in [0.717, 1.165) is 24.8 Å². The van der Waals surface area contributed by atoms with Crippen molar-refractivity contribution < 1.29 is 0 Å².